The summed E-state index contributed by atoms with van der Waals surface area (Å²) < 4.78 is 0. The van der Waals surface area contributed by atoms with Gasteiger partial charge >= 0.3 is 5.97 Å². The van der Waals surface area contributed by atoms with Crippen molar-refractivity contribution >= 4 is 5.97 Å². The molecule has 0 aromatic carbocycles. The van der Waals surface area contributed by atoms with Gasteiger partial charge in [0, 0.05) is 22.9 Å². The normalized spacial score (nSPS) is 19.0. The minimum atomic E-state index is -0.827. The molecule has 0 atom stereocenters. The first kappa shape index (κ1) is 14.9. The summed E-state index contributed by atoms with van der Waals surface area (Å²) in [6, 6.07) is 0. The van der Waals surface area contributed by atoms with Gasteiger partial charge in [0.2, 0.25) is 0 Å². The second-order valence-electron chi connectivity index (χ2n) is 6.74. The molecule has 0 bridgehead atoms. The third-order valence-electron chi connectivity index (χ3n) is 4.47. The Balaban J connectivity index is 2.20. The van der Waals surface area contributed by atoms with Gasteiger partial charge < -0.3 is 5.11 Å². The first-order valence-electron chi connectivity index (χ1n) is 7.34. The van der Waals surface area contributed by atoms with Crippen LogP contribution in [0.25, 0.3) is 0 Å². The molecule has 1 aliphatic rings. The molecule has 0 saturated heterocycles. The van der Waals surface area contributed by atoms with Gasteiger partial charge in [0.05, 0.1) is 6.42 Å². The molecule has 1 N–H and O–H groups in total. The lowest BCUT2D eigenvalue weighted by Crippen LogP contribution is -2.22. The number of aryl methyl sites for hydroxylation is 2. The largest absolute Gasteiger partial charge is 0.481 e. The quantitative estimate of drug-likeness (QED) is 0.919. The number of hydrogen-bond donors (Lipinski definition) is 1. The van der Waals surface area contributed by atoms with Crippen LogP contribution in [0.1, 0.15) is 68.2 Å². The van der Waals surface area contributed by atoms with Gasteiger partial charge in [-0.3, -0.25) is 4.79 Å². The van der Waals surface area contributed by atoms with Crippen molar-refractivity contribution in [1.82, 2.24) is 9.97 Å². The third-order valence-corrected chi connectivity index (χ3v) is 4.47. The van der Waals surface area contributed by atoms with E-state index in [1.165, 1.54) is 12.8 Å². The molecular formula is C16H24N2O2. The number of carboxylic acid groups (broad SMARTS) is 1. The molecule has 1 aromatic heterocycles. The average Bonchev–Trinajstić information content (AvgIpc) is 2.33. The summed E-state index contributed by atoms with van der Waals surface area (Å²) in [6.45, 7) is 8.42. The van der Waals surface area contributed by atoms with Crippen molar-refractivity contribution < 1.29 is 9.90 Å². The topological polar surface area (TPSA) is 63.1 Å². The molecule has 4 heteroatoms. The minimum absolute atomic E-state index is 0.00957. The van der Waals surface area contributed by atoms with Crippen molar-refractivity contribution in [2.45, 2.75) is 65.7 Å². The van der Waals surface area contributed by atoms with E-state index in [1.807, 2.05) is 13.8 Å². The Morgan fingerprint density at radius 1 is 1.20 bits per heavy atom. The van der Waals surface area contributed by atoms with E-state index in [0.717, 1.165) is 35.6 Å². The molecule has 1 fully saturated rings. The van der Waals surface area contributed by atoms with Crippen LogP contribution in [0.3, 0.4) is 0 Å². The smallest absolute Gasteiger partial charge is 0.307 e. The SMILES string of the molecule is Cc1nc(C2CCC(C)(C)CC2)nc(C)c1CC(=O)O. The van der Waals surface area contributed by atoms with Gasteiger partial charge in [-0.05, 0) is 44.9 Å². The van der Waals surface area contributed by atoms with E-state index >= 15 is 0 Å². The van der Waals surface area contributed by atoms with Crippen LogP contribution in [0.4, 0.5) is 0 Å². The highest BCUT2D eigenvalue weighted by Gasteiger charge is 2.29. The average molecular weight is 276 g/mol. The van der Waals surface area contributed by atoms with E-state index in [1.54, 1.807) is 0 Å². The number of nitrogens with zero attached hydrogens (tertiary/aromatic N) is 2. The number of carbonyl (C=O) groups is 1. The van der Waals surface area contributed by atoms with Crippen LogP contribution in [0.2, 0.25) is 0 Å². The molecule has 110 valence electrons. The second kappa shape index (κ2) is 5.51. The summed E-state index contributed by atoms with van der Waals surface area (Å²) in [4.78, 5) is 20.0. The predicted octanol–water partition coefficient (Wildman–Crippen LogP) is 3.40. The van der Waals surface area contributed by atoms with Crippen molar-refractivity contribution in [2.75, 3.05) is 0 Å². The third kappa shape index (κ3) is 3.35. The summed E-state index contributed by atoms with van der Waals surface area (Å²) >= 11 is 0. The molecule has 1 aliphatic carbocycles. The van der Waals surface area contributed by atoms with Crippen molar-refractivity contribution in [3.8, 4) is 0 Å². The fourth-order valence-corrected chi connectivity index (χ4v) is 3.01. The molecule has 2 rings (SSSR count). The maximum Gasteiger partial charge on any atom is 0.307 e. The Bertz CT molecular complexity index is 490. The first-order chi connectivity index (χ1) is 9.28. The van der Waals surface area contributed by atoms with Crippen LogP contribution < -0.4 is 0 Å². The zero-order chi connectivity index (χ0) is 14.9. The fraction of sp³-hybridized carbons (Fsp3) is 0.688. The molecule has 4 nitrogen and oxygen atoms in total. The summed E-state index contributed by atoms with van der Waals surface area (Å²) in [5.41, 5.74) is 2.83. The molecule has 1 heterocycles. The van der Waals surface area contributed by atoms with Crippen molar-refractivity contribution in [2.24, 2.45) is 5.41 Å². The number of hydrogen-bond acceptors (Lipinski definition) is 3. The van der Waals surface area contributed by atoms with Crippen LogP contribution in [0.15, 0.2) is 0 Å². The summed E-state index contributed by atoms with van der Waals surface area (Å²) in [5, 5.41) is 8.94. The Kier molecular flexibility index (Phi) is 4.11. The van der Waals surface area contributed by atoms with Gasteiger partial charge in [0.15, 0.2) is 0 Å². The highest BCUT2D eigenvalue weighted by Crippen LogP contribution is 2.41. The number of rotatable bonds is 3. The van der Waals surface area contributed by atoms with Gasteiger partial charge in [0.1, 0.15) is 5.82 Å². The zero-order valence-corrected chi connectivity index (χ0v) is 12.9. The lowest BCUT2D eigenvalue weighted by molar-refractivity contribution is -0.136. The lowest BCUT2D eigenvalue weighted by Gasteiger charge is -2.33. The molecule has 20 heavy (non-hydrogen) atoms. The number of carboxylic acids is 1. The molecule has 0 radical (unpaired) electrons. The minimum Gasteiger partial charge on any atom is -0.481 e. The van der Waals surface area contributed by atoms with Gasteiger partial charge in [-0.2, -0.15) is 0 Å². The van der Waals surface area contributed by atoms with Crippen LogP contribution in [-0.4, -0.2) is 21.0 Å². The van der Waals surface area contributed by atoms with E-state index in [4.69, 9.17) is 5.11 Å². The first-order valence-corrected chi connectivity index (χ1v) is 7.34. The molecule has 1 saturated carbocycles. The molecule has 1 aromatic rings. The Hall–Kier alpha value is -1.45. The van der Waals surface area contributed by atoms with Crippen LogP contribution in [0.5, 0.6) is 0 Å². The van der Waals surface area contributed by atoms with E-state index in [2.05, 4.69) is 23.8 Å². The Labute approximate surface area is 120 Å². The number of aliphatic carboxylic acids is 1. The molecule has 0 aliphatic heterocycles. The maximum absolute atomic E-state index is 10.9. The van der Waals surface area contributed by atoms with E-state index in [0.29, 0.717) is 11.3 Å². The van der Waals surface area contributed by atoms with Crippen molar-refractivity contribution in [1.29, 1.82) is 0 Å². The molecule has 0 unspecified atom stereocenters. The van der Waals surface area contributed by atoms with Gasteiger partial charge in [-0.25, -0.2) is 9.97 Å². The fourth-order valence-electron chi connectivity index (χ4n) is 3.01. The second-order valence-corrected chi connectivity index (χ2v) is 6.74. The monoisotopic (exact) mass is 276 g/mol. The summed E-state index contributed by atoms with van der Waals surface area (Å²) in [7, 11) is 0. The van der Waals surface area contributed by atoms with Crippen molar-refractivity contribution in [3.05, 3.63) is 22.8 Å². The van der Waals surface area contributed by atoms with E-state index in [9.17, 15) is 4.79 Å². The zero-order valence-electron chi connectivity index (χ0n) is 12.9. The van der Waals surface area contributed by atoms with Crippen LogP contribution >= 0.6 is 0 Å². The lowest BCUT2D eigenvalue weighted by atomic mass is 9.73. The van der Waals surface area contributed by atoms with Crippen LogP contribution in [0, 0.1) is 19.3 Å². The summed E-state index contributed by atoms with van der Waals surface area (Å²) in [6.07, 6.45) is 4.68. The standard InChI is InChI=1S/C16H24N2O2/c1-10-13(9-14(19)20)11(2)18-15(17-10)12-5-7-16(3,4)8-6-12/h12H,5-9H2,1-4H3,(H,19,20). The van der Waals surface area contributed by atoms with Gasteiger partial charge in [-0.15, -0.1) is 0 Å². The van der Waals surface area contributed by atoms with Gasteiger partial charge in [0.25, 0.3) is 0 Å². The van der Waals surface area contributed by atoms with E-state index in [-0.39, 0.29) is 6.42 Å². The maximum atomic E-state index is 10.9. The highest BCUT2D eigenvalue weighted by atomic mass is 16.4. The number of aromatic nitrogens is 2. The van der Waals surface area contributed by atoms with Crippen LogP contribution in [-0.2, 0) is 11.2 Å². The molecular weight excluding hydrogens is 252 g/mol. The van der Waals surface area contributed by atoms with Gasteiger partial charge in [-0.1, -0.05) is 13.8 Å². The van der Waals surface area contributed by atoms with Crippen molar-refractivity contribution in [3.63, 3.8) is 0 Å². The highest BCUT2D eigenvalue weighted by molar-refractivity contribution is 5.70. The summed E-state index contributed by atoms with van der Waals surface area (Å²) in [5.74, 6) is 0.510. The molecule has 0 spiro atoms. The predicted molar refractivity (Wildman–Crippen MR) is 77.8 cm³/mol. The Morgan fingerprint density at radius 3 is 2.15 bits per heavy atom. The molecule has 0 amide bonds. The Morgan fingerprint density at radius 2 is 1.70 bits per heavy atom. The van der Waals surface area contributed by atoms with E-state index < -0.39 is 5.97 Å².